The number of nitrogens with one attached hydrogen (secondary N) is 1. The first-order valence-corrected chi connectivity index (χ1v) is 15.1. The van der Waals surface area contributed by atoms with Gasteiger partial charge < -0.3 is 10.4 Å². The topological polar surface area (TPSA) is 69.3 Å². The van der Waals surface area contributed by atoms with Gasteiger partial charge in [0.1, 0.15) is 0 Å². The molecule has 7 rings (SSSR count). The summed E-state index contributed by atoms with van der Waals surface area (Å²) in [7, 11) is 0. The molecule has 5 aliphatic rings. The number of rotatable bonds is 2. The quantitative estimate of drug-likeness (QED) is 0.351. The van der Waals surface area contributed by atoms with E-state index >= 15 is 0 Å². The fourth-order valence-corrected chi connectivity index (χ4v) is 6.73. The van der Waals surface area contributed by atoms with Crippen LogP contribution < -0.4 is 5.32 Å². The van der Waals surface area contributed by atoms with Gasteiger partial charge in [0, 0.05) is 33.5 Å². The number of aliphatic hydroxyl groups excluding tert-OH is 1. The molecule has 0 amide bonds. The Bertz CT molecular complexity index is 1970. The van der Waals surface area contributed by atoms with E-state index in [0.29, 0.717) is 5.57 Å². The van der Waals surface area contributed by atoms with Crippen molar-refractivity contribution in [2.45, 2.75) is 48.0 Å². The predicted molar refractivity (Wildman–Crippen MR) is 183 cm³/mol. The van der Waals surface area contributed by atoms with Gasteiger partial charge in [0.15, 0.2) is 0 Å². The average molecular weight is 577 g/mol. The first-order valence-electron chi connectivity index (χ1n) is 15.1. The normalized spacial score (nSPS) is 20.9. The number of nitrogens with zero attached hydrogens (tertiary/aromatic N) is 3. The van der Waals surface area contributed by atoms with E-state index in [4.69, 9.17) is 15.0 Å². The molecule has 1 fully saturated rings. The van der Waals surface area contributed by atoms with Gasteiger partial charge in [-0.05, 0) is 98.9 Å². The highest BCUT2D eigenvalue weighted by Crippen LogP contribution is 2.42. The van der Waals surface area contributed by atoms with E-state index in [9.17, 15) is 5.11 Å². The van der Waals surface area contributed by atoms with Gasteiger partial charge in [-0.2, -0.15) is 0 Å². The summed E-state index contributed by atoms with van der Waals surface area (Å²) in [6, 6.07) is 13.0. The Morgan fingerprint density at radius 3 is 2.18 bits per heavy atom. The molecule has 0 unspecified atom stereocenters. The summed E-state index contributed by atoms with van der Waals surface area (Å²) in [4.78, 5) is 15.6. The number of aliphatic hydroxyl groups is 1. The zero-order valence-electron chi connectivity index (χ0n) is 26.1. The van der Waals surface area contributed by atoms with E-state index < -0.39 is 0 Å². The second kappa shape index (κ2) is 10.3. The molecule has 2 aromatic carbocycles. The zero-order chi connectivity index (χ0) is 30.7. The number of aryl methyl sites for hydroxylation is 4. The molecule has 0 radical (unpaired) electrons. The lowest BCUT2D eigenvalue weighted by Crippen LogP contribution is -2.14. The third-order valence-corrected chi connectivity index (χ3v) is 8.82. The van der Waals surface area contributed by atoms with Crippen LogP contribution in [0.15, 0.2) is 134 Å². The monoisotopic (exact) mass is 576 g/mol. The van der Waals surface area contributed by atoms with Crippen molar-refractivity contribution in [3.05, 3.63) is 153 Å². The summed E-state index contributed by atoms with van der Waals surface area (Å²) in [5, 5.41) is 14.0. The Labute approximate surface area is 259 Å². The Kier molecular flexibility index (Phi) is 6.51. The first-order chi connectivity index (χ1) is 21.1. The van der Waals surface area contributed by atoms with Crippen LogP contribution in [0.1, 0.15) is 53.6 Å². The maximum absolute atomic E-state index is 10.3. The maximum Gasteiger partial charge on any atom is 0.0886 e. The molecule has 5 nitrogen and oxygen atoms in total. The summed E-state index contributed by atoms with van der Waals surface area (Å²) in [5.41, 5.74) is 16.6. The molecule has 0 aromatic heterocycles. The molecule has 8 bridgehead atoms. The van der Waals surface area contributed by atoms with Gasteiger partial charge in [-0.15, -0.1) is 0 Å². The highest BCUT2D eigenvalue weighted by Gasteiger charge is 2.34. The van der Waals surface area contributed by atoms with Crippen molar-refractivity contribution in [1.82, 2.24) is 5.32 Å². The van der Waals surface area contributed by atoms with E-state index in [1.807, 2.05) is 6.08 Å². The van der Waals surface area contributed by atoms with Crippen LogP contribution in [0, 0.1) is 33.1 Å². The number of hydrogen-bond donors (Lipinski definition) is 2. The van der Waals surface area contributed by atoms with Crippen molar-refractivity contribution < 1.29 is 5.11 Å². The summed E-state index contributed by atoms with van der Waals surface area (Å²) >= 11 is 0. The van der Waals surface area contributed by atoms with Gasteiger partial charge in [0.25, 0.3) is 0 Å². The fourth-order valence-electron chi connectivity index (χ4n) is 6.73. The number of aliphatic imine (C=N–C) groups is 3. The summed E-state index contributed by atoms with van der Waals surface area (Å²) < 4.78 is 0. The van der Waals surface area contributed by atoms with E-state index in [2.05, 4.69) is 120 Å². The number of allylic oxidation sites excluding steroid dienone is 12. The molecular weight excluding hydrogens is 540 g/mol. The lowest BCUT2D eigenvalue weighted by molar-refractivity contribution is 0.471. The molecule has 5 heterocycles. The van der Waals surface area contributed by atoms with Gasteiger partial charge in [-0.3, -0.25) is 0 Å². The van der Waals surface area contributed by atoms with Crippen LogP contribution in [0.3, 0.4) is 0 Å². The number of benzene rings is 2. The minimum Gasteiger partial charge on any atom is -0.515 e. The maximum atomic E-state index is 10.3. The van der Waals surface area contributed by atoms with Gasteiger partial charge >= 0.3 is 0 Å². The van der Waals surface area contributed by atoms with Crippen LogP contribution in [0.5, 0.6) is 0 Å². The van der Waals surface area contributed by atoms with Crippen molar-refractivity contribution in [2.75, 3.05) is 0 Å². The van der Waals surface area contributed by atoms with Crippen LogP contribution in [0.25, 0.3) is 11.1 Å². The van der Waals surface area contributed by atoms with Crippen molar-refractivity contribution in [1.29, 1.82) is 0 Å². The molecule has 2 aromatic rings. The van der Waals surface area contributed by atoms with Crippen molar-refractivity contribution in [3.63, 3.8) is 0 Å². The molecule has 44 heavy (non-hydrogen) atoms. The smallest absolute Gasteiger partial charge is 0.0886 e. The fraction of sp³-hybridized carbons (Fsp3) is 0.205. The largest absolute Gasteiger partial charge is 0.515 e. The SMILES string of the molecule is Cc1ccc(C2=C3C=CC(=N3)C=C3NC(=CC4=NC(=C/C4=C\O)C(c4c(C)cc(C)cc4C)=C4C=CC2=N4)CC3(C)C)cc1. The predicted octanol–water partition coefficient (Wildman–Crippen LogP) is 8.65. The molecular formula is C39H36N4O. The van der Waals surface area contributed by atoms with Crippen LogP contribution in [-0.2, 0) is 0 Å². The van der Waals surface area contributed by atoms with Gasteiger partial charge in [-0.25, -0.2) is 15.0 Å². The molecule has 0 aliphatic carbocycles. The molecule has 1 saturated heterocycles. The zero-order valence-corrected chi connectivity index (χ0v) is 26.1. The summed E-state index contributed by atoms with van der Waals surface area (Å²) in [6.45, 7) is 13.0. The van der Waals surface area contributed by atoms with Gasteiger partial charge in [-0.1, -0.05) is 61.4 Å². The second-order valence-electron chi connectivity index (χ2n) is 12.9. The Morgan fingerprint density at radius 2 is 1.45 bits per heavy atom. The van der Waals surface area contributed by atoms with E-state index in [1.165, 1.54) is 11.1 Å². The molecule has 5 aliphatic heterocycles. The van der Waals surface area contributed by atoms with Gasteiger partial charge in [0.2, 0.25) is 0 Å². The molecule has 5 heteroatoms. The van der Waals surface area contributed by atoms with E-state index in [-0.39, 0.29) is 5.41 Å². The van der Waals surface area contributed by atoms with Crippen molar-refractivity contribution in [2.24, 2.45) is 20.4 Å². The van der Waals surface area contributed by atoms with E-state index in [0.717, 1.165) is 91.7 Å². The lowest BCUT2D eigenvalue weighted by Gasteiger charge is -2.17. The molecule has 0 saturated carbocycles. The highest BCUT2D eigenvalue weighted by molar-refractivity contribution is 6.32. The van der Waals surface area contributed by atoms with Crippen LogP contribution >= 0.6 is 0 Å². The third-order valence-electron chi connectivity index (χ3n) is 8.82. The first kappa shape index (κ1) is 27.8. The molecule has 0 atom stereocenters. The number of fused-ring (bicyclic) bond motifs is 5. The third kappa shape index (κ3) is 4.79. The van der Waals surface area contributed by atoms with Crippen LogP contribution in [0.2, 0.25) is 0 Å². The number of hydrogen-bond acceptors (Lipinski definition) is 5. The average Bonchev–Trinajstić information content (AvgIpc) is 3.75. The summed E-state index contributed by atoms with van der Waals surface area (Å²) in [6.07, 6.45) is 16.5. The van der Waals surface area contributed by atoms with E-state index in [1.54, 1.807) is 0 Å². The summed E-state index contributed by atoms with van der Waals surface area (Å²) in [5.74, 6) is 0. The highest BCUT2D eigenvalue weighted by atomic mass is 16.2. The van der Waals surface area contributed by atoms with Crippen molar-refractivity contribution >= 4 is 28.3 Å². The van der Waals surface area contributed by atoms with Crippen LogP contribution in [-0.4, -0.2) is 22.2 Å². The van der Waals surface area contributed by atoms with Crippen molar-refractivity contribution in [3.8, 4) is 0 Å². The Morgan fingerprint density at radius 1 is 0.750 bits per heavy atom. The molecule has 218 valence electrons. The standard InChI is InChI=1S/C39H36N4O/c1-22-7-9-26(10-8-22)37-30-12-11-28(40-30)19-35-39(5,6)20-29(41-35)18-33-27(21-44)17-34(43-33)38(32-14-13-31(37)42-32)36-24(3)15-23(2)16-25(36)4/h7-19,21,41,44H,20H2,1-6H3/b27-21+,29-18?,35-19?,37-30?,38-32?. The molecule has 2 N–H and O–H groups in total. The van der Waals surface area contributed by atoms with Crippen LogP contribution in [0.4, 0.5) is 0 Å². The minimum absolute atomic E-state index is 0.115. The molecule has 0 spiro atoms. The second-order valence-corrected chi connectivity index (χ2v) is 12.9. The minimum atomic E-state index is -0.115. The lowest BCUT2D eigenvalue weighted by atomic mass is 9.87. The van der Waals surface area contributed by atoms with Gasteiger partial charge in [0.05, 0.1) is 40.5 Å². The Balaban J connectivity index is 1.55. The Hall–Kier alpha value is -5.03.